The van der Waals surface area contributed by atoms with E-state index in [4.69, 9.17) is 4.74 Å². The summed E-state index contributed by atoms with van der Waals surface area (Å²) in [6.45, 7) is 2.13. The van der Waals surface area contributed by atoms with Gasteiger partial charge in [0.1, 0.15) is 12.1 Å². The molecular weight excluding hydrogens is 327 g/mol. The molecule has 0 unspecified atom stereocenters. The molecule has 4 heteroatoms. The van der Waals surface area contributed by atoms with Gasteiger partial charge in [-0.15, -0.1) is 0 Å². The number of benzene rings is 1. The van der Waals surface area contributed by atoms with Crippen LogP contribution in [0.2, 0.25) is 0 Å². The fraction of sp³-hybridized carbons (Fsp3) is 0.231. The van der Waals surface area contributed by atoms with Gasteiger partial charge >= 0.3 is 0 Å². The van der Waals surface area contributed by atoms with Crippen LogP contribution in [0.3, 0.4) is 0 Å². The van der Waals surface area contributed by atoms with Crippen LogP contribution in [-0.2, 0) is 6.42 Å². The third kappa shape index (κ3) is 3.66. The molecule has 2 rings (SSSR count). The molecule has 1 aromatic carbocycles. The molecule has 17 heavy (non-hydrogen) atoms. The van der Waals surface area contributed by atoms with Crippen LogP contribution in [0.25, 0.3) is 0 Å². The normalized spacial score (nSPS) is 10.2. The van der Waals surface area contributed by atoms with E-state index in [9.17, 15) is 0 Å². The van der Waals surface area contributed by atoms with E-state index in [1.165, 1.54) is 0 Å². The average Bonchev–Trinajstić information content (AvgIpc) is 2.30. The Kier molecular flexibility index (Phi) is 4.30. The summed E-state index contributed by atoms with van der Waals surface area (Å²) in [5, 5.41) is 0. The fourth-order valence-electron chi connectivity index (χ4n) is 1.48. The first-order valence-corrected chi connectivity index (χ1v) is 6.60. The Balaban J connectivity index is 2.15. The Morgan fingerprint density at radius 2 is 2.12 bits per heavy atom. The van der Waals surface area contributed by atoms with Gasteiger partial charge in [-0.3, -0.25) is 0 Å². The van der Waals surface area contributed by atoms with Crippen molar-refractivity contribution in [2.24, 2.45) is 0 Å². The van der Waals surface area contributed by atoms with Crippen LogP contribution < -0.4 is 4.74 Å². The molecule has 0 radical (unpaired) electrons. The molecule has 0 saturated carbocycles. The van der Waals surface area contributed by atoms with E-state index < -0.39 is 0 Å². The van der Waals surface area contributed by atoms with Gasteiger partial charge in [-0.05, 0) is 47.2 Å². The van der Waals surface area contributed by atoms with Crippen molar-refractivity contribution in [1.82, 2.24) is 9.97 Å². The minimum absolute atomic E-state index is 0.602. The molecule has 2 aromatic rings. The zero-order valence-electron chi connectivity index (χ0n) is 9.56. The van der Waals surface area contributed by atoms with Crippen molar-refractivity contribution in [3.8, 4) is 11.6 Å². The van der Waals surface area contributed by atoms with E-state index in [-0.39, 0.29) is 0 Å². The second kappa shape index (κ2) is 5.95. The fourth-order valence-corrected chi connectivity index (χ4v) is 1.99. The van der Waals surface area contributed by atoms with Crippen molar-refractivity contribution in [1.29, 1.82) is 0 Å². The summed E-state index contributed by atoms with van der Waals surface area (Å²) in [7, 11) is 0. The van der Waals surface area contributed by atoms with E-state index in [1.807, 2.05) is 30.3 Å². The molecule has 0 saturated heterocycles. The number of hydrogen-bond acceptors (Lipinski definition) is 3. The Morgan fingerprint density at radius 1 is 1.24 bits per heavy atom. The predicted octanol–water partition coefficient (Wildman–Crippen LogP) is 3.83. The highest BCUT2D eigenvalue weighted by molar-refractivity contribution is 14.1. The maximum absolute atomic E-state index is 5.69. The zero-order chi connectivity index (χ0) is 12.1. The largest absolute Gasteiger partial charge is 0.439 e. The molecule has 1 heterocycles. The van der Waals surface area contributed by atoms with Crippen LogP contribution >= 0.6 is 22.6 Å². The molecular formula is C13H13IN2O. The topological polar surface area (TPSA) is 35.0 Å². The molecule has 0 amide bonds. The molecule has 88 valence electrons. The minimum atomic E-state index is 0.602. The summed E-state index contributed by atoms with van der Waals surface area (Å²) in [5.41, 5.74) is 1.02. The second-order valence-corrected chi connectivity index (χ2v) is 4.90. The van der Waals surface area contributed by atoms with Crippen molar-refractivity contribution in [3.05, 3.63) is 45.9 Å². The predicted molar refractivity (Wildman–Crippen MR) is 75.3 cm³/mol. The number of hydrogen-bond donors (Lipinski definition) is 0. The van der Waals surface area contributed by atoms with Crippen molar-refractivity contribution in [3.63, 3.8) is 0 Å². The number of ether oxygens (including phenoxy) is 1. The van der Waals surface area contributed by atoms with Crippen LogP contribution in [0.15, 0.2) is 36.7 Å². The van der Waals surface area contributed by atoms with E-state index >= 15 is 0 Å². The Bertz CT molecular complexity index is 502. The SMILES string of the molecule is CCCc1cc(Oc2cccc(I)c2)ncn1. The molecule has 0 aliphatic rings. The number of halogens is 1. The molecule has 0 N–H and O–H groups in total. The van der Waals surface area contributed by atoms with Crippen LogP contribution in [0.4, 0.5) is 0 Å². The van der Waals surface area contributed by atoms with Gasteiger partial charge in [0.25, 0.3) is 0 Å². The number of rotatable bonds is 4. The van der Waals surface area contributed by atoms with Crippen molar-refractivity contribution in [2.75, 3.05) is 0 Å². The van der Waals surface area contributed by atoms with Crippen molar-refractivity contribution < 1.29 is 4.74 Å². The smallest absolute Gasteiger partial charge is 0.222 e. The van der Waals surface area contributed by atoms with E-state index in [1.54, 1.807) is 6.33 Å². The molecule has 0 spiro atoms. The summed E-state index contributed by atoms with van der Waals surface area (Å²) >= 11 is 2.26. The van der Waals surface area contributed by atoms with Crippen molar-refractivity contribution >= 4 is 22.6 Å². The summed E-state index contributed by atoms with van der Waals surface area (Å²) in [6, 6.07) is 9.77. The monoisotopic (exact) mass is 340 g/mol. The molecule has 3 nitrogen and oxygen atoms in total. The van der Waals surface area contributed by atoms with Gasteiger partial charge in [0.15, 0.2) is 0 Å². The highest BCUT2D eigenvalue weighted by Crippen LogP contribution is 2.21. The Morgan fingerprint density at radius 3 is 2.88 bits per heavy atom. The lowest BCUT2D eigenvalue weighted by Crippen LogP contribution is -1.94. The van der Waals surface area contributed by atoms with Gasteiger partial charge in [0.05, 0.1) is 0 Å². The lowest BCUT2D eigenvalue weighted by atomic mass is 10.2. The maximum Gasteiger partial charge on any atom is 0.222 e. The maximum atomic E-state index is 5.69. The van der Waals surface area contributed by atoms with Gasteiger partial charge in [-0.2, -0.15) is 0 Å². The second-order valence-electron chi connectivity index (χ2n) is 3.66. The van der Waals surface area contributed by atoms with Gasteiger partial charge in [-0.1, -0.05) is 19.4 Å². The first-order valence-electron chi connectivity index (χ1n) is 5.52. The van der Waals surface area contributed by atoms with E-state index in [0.29, 0.717) is 5.88 Å². The van der Waals surface area contributed by atoms with Gasteiger partial charge in [0.2, 0.25) is 5.88 Å². The quantitative estimate of drug-likeness (QED) is 0.794. The van der Waals surface area contributed by atoms with Gasteiger partial charge < -0.3 is 4.74 Å². The summed E-state index contributed by atoms with van der Waals surface area (Å²) in [5.74, 6) is 1.41. The van der Waals surface area contributed by atoms with Crippen LogP contribution in [0.5, 0.6) is 11.6 Å². The Hall–Kier alpha value is -1.17. The molecule has 0 fully saturated rings. The number of aryl methyl sites for hydroxylation is 1. The van der Waals surface area contributed by atoms with Gasteiger partial charge in [-0.25, -0.2) is 9.97 Å². The molecule has 0 atom stereocenters. The third-order valence-electron chi connectivity index (χ3n) is 2.22. The first-order chi connectivity index (χ1) is 8.28. The van der Waals surface area contributed by atoms with E-state index in [2.05, 4.69) is 39.5 Å². The molecule has 0 bridgehead atoms. The summed E-state index contributed by atoms with van der Waals surface area (Å²) in [4.78, 5) is 8.31. The van der Waals surface area contributed by atoms with Crippen LogP contribution in [0.1, 0.15) is 19.0 Å². The number of nitrogens with zero attached hydrogens (tertiary/aromatic N) is 2. The number of aromatic nitrogens is 2. The first kappa shape index (κ1) is 12.3. The average molecular weight is 340 g/mol. The summed E-state index contributed by atoms with van der Waals surface area (Å²) in [6.07, 6.45) is 3.57. The van der Waals surface area contributed by atoms with Crippen LogP contribution in [-0.4, -0.2) is 9.97 Å². The third-order valence-corrected chi connectivity index (χ3v) is 2.89. The molecule has 0 aliphatic carbocycles. The highest BCUT2D eigenvalue weighted by Gasteiger charge is 2.01. The van der Waals surface area contributed by atoms with E-state index in [0.717, 1.165) is 27.9 Å². The molecule has 1 aromatic heterocycles. The van der Waals surface area contributed by atoms with Crippen molar-refractivity contribution in [2.45, 2.75) is 19.8 Å². The highest BCUT2D eigenvalue weighted by atomic mass is 127. The standard InChI is InChI=1S/C13H13IN2O/c1-2-4-11-8-13(16-9-15-11)17-12-6-3-5-10(14)7-12/h3,5-9H,2,4H2,1H3. The molecule has 0 aliphatic heterocycles. The zero-order valence-corrected chi connectivity index (χ0v) is 11.7. The minimum Gasteiger partial charge on any atom is -0.439 e. The Labute approximate surface area is 114 Å². The summed E-state index contributed by atoms with van der Waals surface area (Å²) < 4.78 is 6.83. The lowest BCUT2D eigenvalue weighted by Gasteiger charge is -2.05. The van der Waals surface area contributed by atoms with Crippen LogP contribution in [0, 0.1) is 3.57 Å². The lowest BCUT2D eigenvalue weighted by molar-refractivity contribution is 0.459. The van der Waals surface area contributed by atoms with Gasteiger partial charge in [0, 0.05) is 15.3 Å².